The van der Waals surface area contributed by atoms with E-state index in [0.29, 0.717) is 27.8 Å². The summed E-state index contributed by atoms with van der Waals surface area (Å²) in [5, 5.41) is 2.29. The first-order chi connectivity index (χ1) is 11.9. The predicted octanol–water partition coefficient (Wildman–Crippen LogP) is 2.98. The van der Waals surface area contributed by atoms with E-state index in [9.17, 15) is 13.2 Å². The number of hydrogen-bond donors (Lipinski definition) is 1. The molecule has 1 aliphatic carbocycles. The van der Waals surface area contributed by atoms with Crippen LogP contribution in [0.3, 0.4) is 0 Å². The van der Waals surface area contributed by atoms with Crippen molar-refractivity contribution >= 4 is 38.9 Å². The van der Waals surface area contributed by atoms with E-state index in [1.165, 1.54) is 11.3 Å². The van der Waals surface area contributed by atoms with Crippen LogP contribution in [0, 0.1) is 5.92 Å². The van der Waals surface area contributed by atoms with Crippen LogP contribution < -0.4 is 4.72 Å². The lowest BCUT2D eigenvalue weighted by atomic mass is 10.0. The number of nitrogens with zero attached hydrogens (tertiary/aromatic N) is 1. The van der Waals surface area contributed by atoms with Gasteiger partial charge in [-0.1, -0.05) is 23.7 Å². The molecule has 2 bridgehead atoms. The Kier molecular flexibility index (Phi) is 4.35. The molecule has 1 saturated carbocycles. The van der Waals surface area contributed by atoms with Crippen molar-refractivity contribution in [2.75, 3.05) is 6.54 Å². The molecular formula is C17H17ClN2O3S2. The summed E-state index contributed by atoms with van der Waals surface area (Å²) in [6, 6.07) is 10.2. The fraction of sp³-hybridized carbons (Fsp3) is 0.353. The Bertz CT molecular complexity index is 898. The summed E-state index contributed by atoms with van der Waals surface area (Å²) >= 11 is 7.18. The number of sulfonamides is 1. The summed E-state index contributed by atoms with van der Waals surface area (Å²) in [6.45, 7) is 0.577. The van der Waals surface area contributed by atoms with E-state index >= 15 is 0 Å². The van der Waals surface area contributed by atoms with Gasteiger partial charge >= 0.3 is 0 Å². The number of benzene rings is 1. The molecule has 2 fully saturated rings. The second kappa shape index (κ2) is 6.39. The molecule has 2 aromatic rings. The van der Waals surface area contributed by atoms with Gasteiger partial charge in [0, 0.05) is 29.2 Å². The van der Waals surface area contributed by atoms with Crippen LogP contribution in [0.25, 0.3) is 0 Å². The number of piperidine rings is 1. The van der Waals surface area contributed by atoms with Crippen molar-refractivity contribution < 1.29 is 13.2 Å². The fourth-order valence-electron chi connectivity index (χ4n) is 3.81. The highest BCUT2D eigenvalue weighted by Gasteiger charge is 2.47. The van der Waals surface area contributed by atoms with E-state index in [1.54, 1.807) is 41.8 Å². The number of carbonyl (C=O) groups excluding carboxylic acids is 1. The van der Waals surface area contributed by atoms with Crippen molar-refractivity contribution in [3.63, 3.8) is 0 Å². The topological polar surface area (TPSA) is 66.5 Å². The molecule has 0 spiro atoms. The van der Waals surface area contributed by atoms with E-state index in [0.717, 1.165) is 6.42 Å². The van der Waals surface area contributed by atoms with Gasteiger partial charge < -0.3 is 4.90 Å². The van der Waals surface area contributed by atoms with Gasteiger partial charge in [-0.2, -0.15) is 0 Å². The molecule has 5 nitrogen and oxygen atoms in total. The van der Waals surface area contributed by atoms with E-state index in [-0.39, 0.29) is 23.9 Å². The van der Waals surface area contributed by atoms with Gasteiger partial charge in [-0.3, -0.25) is 4.79 Å². The minimum absolute atomic E-state index is 0.0328. The summed E-state index contributed by atoms with van der Waals surface area (Å²) < 4.78 is 28.0. The average molecular weight is 397 g/mol. The van der Waals surface area contributed by atoms with Crippen molar-refractivity contribution in [1.82, 2.24) is 9.62 Å². The van der Waals surface area contributed by atoms with E-state index in [1.807, 2.05) is 4.90 Å². The first-order valence-electron chi connectivity index (χ1n) is 8.06. The Labute approximate surface area is 155 Å². The molecule has 1 amide bonds. The number of nitrogens with one attached hydrogen (secondary N) is 1. The molecule has 1 N–H and O–H groups in total. The third kappa shape index (κ3) is 3.21. The van der Waals surface area contributed by atoms with E-state index in [4.69, 9.17) is 11.6 Å². The zero-order chi connectivity index (χ0) is 17.6. The summed E-state index contributed by atoms with van der Waals surface area (Å²) in [4.78, 5) is 14.6. The molecule has 1 aromatic heterocycles. The van der Waals surface area contributed by atoms with Gasteiger partial charge in [-0.15, -0.1) is 11.3 Å². The fourth-order valence-corrected chi connectivity index (χ4v) is 6.33. The third-order valence-corrected chi connectivity index (χ3v) is 8.06. The minimum Gasteiger partial charge on any atom is -0.335 e. The summed E-state index contributed by atoms with van der Waals surface area (Å²) in [7, 11) is -3.47. The average Bonchev–Trinajstić information content (AvgIpc) is 3.30. The summed E-state index contributed by atoms with van der Waals surface area (Å²) in [5.41, 5.74) is 0.579. The molecule has 0 radical (unpaired) electrons. The first kappa shape index (κ1) is 17.0. The molecule has 8 heteroatoms. The molecule has 3 atom stereocenters. The monoisotopic (exact) mass is 396 g/mol. The lowest BCUT2D eigenvalue weighted by Crippen LogP contribution is -2.47. The zero-order valence-corrected chi connectivity index (χ0v) is 15.7. The molecule has 0 unspecified atom stereocenters. The van der Waals surface area contributed by atoms with Crippen LogP contribution in [0.2, 0.25) is 5.02 Å². The normalized spacial score (nSPS) is 25.5. The third-order valence-electron chi connectivity index (χ3n) is 4.94. The van der Waals surface area contributed by atoms with Crippen LogP contribution >= 0.6 is 22.9 Å². The molecule has 2 aliphatic rings. The summed E-state index contributed by atoms with van der Waals surface area (Å²) in [6.07, 6.45) is 1.49. The second-order valence-corrected chi connectivity index (χ2v) is 9.84. The molecular weight excluding hydrogens is 380 g/mol. The Hall–Kier alpha value is -1.41. The lowest BCUT2D eigenvalue weighted by Gasteiger charge is -2.31. The first-order valence-corrected chi connectivity index (χ1v) is 10.8. The van der Waals surface area contributed by atoms with Gasteiger partial charge in [-0.05, 0) is 48.4 Å². The molecule has 1 aliphatic heterocycles. The molecule has 4 rings (SSSR count). The SMILES string of the molecule is O=C(c1cccc(Cl)c1)N1C[C@@H]2C[C@H]1C[C@@H]2NS(=O)(=O)c1cccs1. The van der Waals surface area contributed by atoms with E-state index in [2.05, 4.69) is 4.72 Å². The number of hydrogen-bond acceptors (Lipinski definition) is 4. The highest BCUT2D eigenvalue weighted by molar-refractivity contribution is 7.91. The van der Waals surface area contributed by atoms with Crippen LogP contribution in [0.4, 0.5) is 0 Å². The predicted molar refractivity (Wildman–Crippen MR) is 97.4 cm³/mol. The quantitative estimate of drug-likeness (QED) is 0.863. The Morgan fingerprint density at radius 2 is 2.08 bits per heavy atom. The van der Waals surface area contributed by atoms with Crippen LogP contribution in [0.5, 0.6) is 0 Å². The smallest absolute Gasteiger partial charge is 0.254 e. The highest BCUT2D eigenvalue weighted by Crippen LogP contribution is 2.39. The van der Waals surface area contributed by atoms with Crippen molar-refractivity contribution in [3.8, 4) is 0 Å². The Morgan fingerprint density at radius 3 is 2.72 bits per heavy atom. The van der Waals surface area contributed by atoms with Crippen molar-refractivity contribution in [2.24, 2.45) is 5.92 Å². The Morgan fingerprint density at radius 1 is 1.24 bits per heavy atom. The second-order valence-electron chi connectivity index (χ2n) is 6.51. The van der Waals surface area contributed by atoms with Gasteiger partial charge in [-0.25, -0.2) is 13.1 Å². The molecule has 132 valence electrons. The Balaban J connectivity index is 1.45. The van der Waals surface area contributed by atoms with Crippen molar-refractivity contribution in [2.45, 2.75) is 29.1 Å². The summed E-state index contributed by atoms with van der Waals surface area (Å²) in [5.74, 6) is 0.123. The highest BCUT2D eigenvalue weighted by atomic mass is 35.5. The van der Waals surface area contributed by atoms with Crippen LogP contribution in [-0.4, -0.2) is 37.9 Å². The maximum absolute atomic E-state index is 12.7. The maximum atomic E-state index is 12.7. The van der Waals surface area contributed by atoms with Gasteiger partial charge in [0.1, 0.15) is 4.21 Å². The molecule has 1 saturated heterocycles. The standard InChI is InChI=1S/C17H17ClN2O3S2/c18-13-4-1-3-11(7-13)17(21)20-10-12-8-14(20)9-15(12)19-25(22,23)16-5-2-6-24-16/h1-7,12,14-15,19H,8-10H2/t12-,14-,15-/m0/s1. The van der Waals surface area contributed by atoms with Gasteiger partial charge in [0.25, 0.3) is 5.91 Å². The van der Waals surface area contributed by atoms with Crippen molar-refractivity contribution in [3.05, 3.63) is 52.4 Å². The number of thiophene rings is 1. The largest absolute Gasteiger partial charge is 0.335 e. The van der Waals surface area contributed by atoms with Crippen molar-refractivity contribution in [1.29, 1.82) is 0 Å². The molecule has 2 heterocycles. The number of fused-ring (bicyclic) bond motifs is 2. The molecule has 25 heavy (non-hydrogen) atoms. The number of rotatable bonds is 4. The zero-order valence-electron chi connectivity index (χ0n) is 13.3. The van der Waals surface area contributed by atoms with Crippen LogP contribution in [0.1, 0.15) is 23.2 Å². The molecule has 1 aromatic carbocycles. The van der Waals surface area contributed by atoms with E-state index < -0.39 is 10.0 Å². The van der Waals surface area contributed by atoms with Crippen LogP contribution in [0.15, 0.2) is 46.0 Å². The number of carbonyl (C=O) groups is 1. The van der Waals surface area contributed by atoms with Gasteiger partial charge in [0.15, 0.2) is 0 Å². The van der Waals surface area contributed by atoms with Gasteiger partial charge in [0.05, 0.1) is 0 Å². The number of halogens is 1. The number of amides is 1. The lowest BCUT2D eigenvalue weighted by molar-refractivity contribution is 0.0691. The maximum Gasteiger partial charge on any atom is 0.254 e. The van der Waals surface area contributed by atoms with Gasteiger partial charge in [0.2, 0.25) is 10.0 Å². The minimum atomic E-state index is -3.47. The number of likely N-dealkylation sites (tertiary alicyclic amines) is 1. The van der Waals surface area contributed by atoms with Crippen LogP contribution in [-0.2, 0) is 10.0 Å².